The molecule has 0 atom stereocenters. The van der Waals surface area contributed by atoms with Crippen LogP contribution in [-0.2, 0) is 0 Å². The van der Waals surface area contributed by atoms with Crippen molar-refractivity contribution in [2.45, 2.75) is 0 Å². The molecule has 0 radical (unpaired) electrons. The molecule has 47 heavy (non-hydrogen) atoms. The van der Waals surface area contributed by atoms with E-state index in [0.29, 0.717) is 0 Å². The first-order chi connectivity index (χ1) is 23.3. The van der Waals surface area contributed by atoms with Gasteiger partial charge in [-0.1, -0.05) is 133 Å². The zero-order valence-electron chi connectivity index (χ0n) is 25.3. The maximum atomic E-state index is 5.46. The number of aromatic nitrogens is 2. The van der Waals surface area contributed by atoms with Crippen LogP contribution >= 0.6 is 11.3 Å². The molecule has 218 valence electrons. The summed E-state index contributed by atoms with van der Waals surface area (Å²) in [7, 11) is 0. The molecule has 0 unspecified atom stereocenters. The third-order valence-corrected chi connectivity index (χ3v) is 10.6. The molecule has 2 nitrogen and oxygen atoms in total. The van der Waals surface area contributed by atoms with Gasteiger partial charge in [-0.2, -0.15) is 0 Å². The summed E-state index contributed by atoms with van der Waals surface area (Å²) < 4.78 is 2.55. The number of hydrogen-bond donors (Lipinski definition) is 0. The minimum Gasteiger partial charge on any atom is -0.228 e. The van der Waals surface area contributed by atoms with Crippen molar-refractivity contribution < 1.29 is 0 Å². The minimum absolute atomic E-state index is 0.747. The SMILES string of the molecule is c1ccc(-c2cccc(-c3nc(-c4cc5c6ccccc6c6ccccc6c5c5sc6ccccc6c45)nc4ccccc34)c2)cc1. The fraction of sp³-hybridized carbons (Fsp3) is 0. The first-order valence-corrected chi connectivity index (χ1v) is 16.7. The van der Waals surface area contributed by atoms with Gasteiger partial charge in [-0.05, 0) is 62.3 Å². The second kappa shape index (κ2) is 10.3. The molecule has 0 bridgehead atoms. The average Bonchev–Trinajstić information content (AvgIpc) is 3.54. The zero-order chi connectivity index (χ0) is 30.9. The first-order valence-electron chi connectivity index (χ1n) is 15.9. The Labute approximate surface area is 275 Å². The van der Waals surface area contributed by atoms with Crippen LogP contribution < -0.4 is 0 Å². The Kier molecular flexibility index (Phi) is 5.78. The summed E-state index contributed by atoms with van der Waals surface area (Å²) in [6.45, 7) is 0. The van der Waals surface area contributed by atoms with E-state index in [0.717, 1.165) is 33.5 Å². The Hall–Kier alpha value is -5.90. The molecule has 0 saturated heterocycles. The molecule has 2 heterocycles. The molecule has 2 aromatic heterocycles. The lowest BCUT2D eigenvalue weighted by atomic mass is 9.91. The monoisotopic (exact) mass is 614 g/mol. The normalized spacial score (nSPS) is 11.8. The number of nitrogens with zero attached hydrogens (tertiary/aromatic N) is 2. The van der Waals surface area contributed by atoms with Gasteiger partial charge in [0, 0.05) is 42.1 Å². The van der Waals surface area contributed by atoms with E-state index in [4.69, 9.17) is 9.97 Å². The van der Waals surface area contributed by atoms with Crippen LogP contribution in [0.1, 0.15) is 0 Å². The van der Waals surface area contributed by atoms with Crippen molar-refractivity contribution >= 4 is 74.7 Å². The van der Waals surface area contributed by atoms with Crippen molar-refractivity contribution in [1.82, 2.24) is 9.97 Å². The molecule has 0 saturated carbocycles. The molecule has 10 aromatic rings. The van der Waals surface area contributed by atoms with E-state index in [1.807, 2.05) is 11.3 Å². The molecule has 0 amide bonds. The number of thiophene rings is 1. The van der Waals surface area contributed by atoms with E-state index in [1.54, 1.807) is 0 Å². The minimum atomic E-state index is 0.747. The predicted molar refractivity (Wildman–Crippen MR) is 201 cm³/mol. The molecular formula is C44H26N2S. The highest BCUT2D eigenvalue weighted by Gasteiger charge is 2.21. The molecule has 0 spiro atoms. The molecule has 8 aromatic carbocycles. The standard InChI is InChI=1S/C44H26N2S/c1-2-13-27(14-3-1)28-15-12-16-29(25-28)42-34-21-8-10-23-38(34)45-44(46-42)37-26-36-32-19-5-4-17-30(32)31-18-6-7-20-33(31)40(36)43-41(37)35-22-9-11-24-39(35)47-43/h1-26H. The van der Waals surface area contributed by atoms with Gasteiger partial charge in [0.25, 0.3) is 0 Å². The first kappa shape index (κ1) is 26.3. The topological polar surface area (TPSA) is 25.8 Å². The smallest absolute Gasteiger partial charge is 0.161 e. The number of hydrogen-bond acceptors (Lipinski definition) is 3. The molecular weight excluding hydrogens is 589 g/mol. The van der Waals surface area contributed by atoms with E-state index < -0.39 is 0 Å². The van der Waals surface area contributed by atoms with Crippen molar-refractivity contribution in [3.8, 4) is 33.8 Å². The van der Waals surface area contributed by atoms with Gasteiger partial charge in [0.2, 0.25) is 0 Å². The van der Waals surface area contributed by atoms with Crippen LogP contribution in [0, 0.1) is 0 Å². The Balaban J connectivity index is 1.34. The van der Waals surface area contributed by atoms with Crippen molar-refractivity contribution in [1.29, 1.82) is 0 Å². The zero-order valence-corrected chi connectivity index (χ0v) is 26.1. The van der Waals surface area contributed by atoms with Gasteiger partial charge >= 0.3 is 0 Å². The Morgan fingerprint density at radius 3 is 1.79 bits per heavy atom. The van der Waals surface area contributed by atoms with Gasteiger partial charge in [0.05, 0.1) is 11.2 Å². The van der Waals surface area contributed by atoms with Gasteiger partial charge in [0.15, 0.2) is 5.82 Å². The van der Waals surface area contributed by atoms with Crippen LogP contribution in [0.25, 0.3) is 97.2 Å². The van der Waals surface area contributed by atoms with Crippen LogP contribution in [0.2, 0.25) is 0 Å². The van der Waals surface area contributed by atoms with Crippen molar-refractivity contribution in [3.05, 3.63) is 158 Å². The van der Waals surface area contributed by atoms with E-state index in [1.165, 1.54) is 63.6 Å². The number of rotatable bonds is 3. The predicted octanol–water partition coefficient (Wildman–Crippen LogP) is 12.5. The Morgan fingerprint density at radius 1 is 0.383 bits per heavy atom. The number of para-hydroxylation sites is 1. The van der Waals surface area contributed by atoms with Crippen molar-refractivity contribution in [2.75, 3.05) is 0 Å². The highest BCUT2D eigenvalue weighted by atomic mass is 32.1. The van der Waals surface area contributed by atoms with Crippen LogP contribution in [0.4, 0.5) is 0 Å². The lowest BCUT2D eigenvalue weighted by Crippen LogP contribution is -1.96. The molecule has 0 fully saturated rings. The van der Waals surface area contributed by atoms with Crippen LogP contribution in [0.5, 0.6) is 0 Å². The third-order valence-electron chi connectivity index (χ3n) is 9.44. The lowest BCUT2D eigenvalue weighted by Gasteiger charge is -2.15. The fourth-order valence-corrected chi connectivity index (χ4v) is 8.63. The summed E-state index contributed by atoms with van der Waals surface area (Å²) in [6, 6.07) is 56.4. The van der Waals surface area contributed by atoms with E-state index in [-0.39, 0.29) is 0 Å². The van der Waals surface area contributed by atoms with Gasteiger partial charge in [-0.25, -0.2) is 9.97 Å². The van der Waals surface area contributed by atoms with Gasteiger partial charge in [-0.3, -0.25) is 0 Å². The van der Waals surface area contributed by atoms with Crippen molar-refractivity contribution in [3.63, 3.8) is 0 Å². The van der Waals surface area contributed by atoms with Crippen LogP contribution in [0.3, 0.4) is 0 Å². The summed E-state index contributed by atoms with van der Waals surface area (Å²) in [5, 5.41) is 11.1. The molecule has 0 N–H and O–H groups in total. The highest BCUT2D eigenvalue weighted by molar-refractivity contribution is 7.27. The van der Waals surface area contributed by atoms with Crippen LogP contribution in [-0.4, -0.2) is 9.97 Å². The summed E-state index contributed by atoms with van der Waals surface area (Å²) >= 11 is 1.87. The highest BCUT2D eigenvalue weighted by Crippen LogP contribution is 2.48. The fourth-order valence-electron chi connectivity index (χ4n) is 7.34. The van der Waals surface area contributed by atoms with Crippen LogP contribution in [0.15, 0.2) is 158 Å². The molecule has 0 aliphatic heterocycles. The maximum absolute atomic E-state index is 5.46. The van der Waals surface area contributed by atoms with E-state index in [9.17, 15) is 0 Å². The molecule has 0 aliphatic carbocycles. The number of benzene rings is 8. The van der Waals surface area contributed by atoms with Gasteiger partial charge in [-0.15, -0.1) is 11.3 Å². The lowest BCUT2D eigenvalue weighted by molar-refractivity contribution is 1.24. The quantitative estimate of drug-likeness (QED) is 0.185. The summed E-state index contributed by atoms with van der Waals surface area (Å²) in [4.78, 5) is 10.7. The van der Waals surface area contributed by atoms with E-state index >= 15 is 0 Å². The second-order valence-electron chi connectivity index (χ2n) is 12.1. The Morgan fingerprint density at radius 2 is 0.979 bits per heavy atom. The maximum Gasteiger partial charge on any atom is 0.161 e. The molecule has 0 aliphatic rings. The average molecular weight is 615 g/mol. The van der Waals surface area contributed by atoms with Gasteiger partial charge < -0.3 is 0 Å². The van der Waals surface area contributed by atoms with E-state index in [2.05, 4.69) is 158 Å². The van der Waals surface area contributed by atoms with Gasteiger partial charge in [0.1, 0.15) is 0 Å². The van der Waals surface area contributed by atoms with Crippen molar-refractivity contribution in [2.24, 2.45) is 0 Å². The summed E-state index contributed by atoms with van der Waals surface area (Å²) in [6.07, 6.45) is 0. The Bertz CT molecular complexity index is 2850. The second-order valence-corrected chi connectivity index (χ2v) is 13.2. The largest absolute Gasteiger partial charge is 0.228 e. The molecule has 10 rings (SSSR count). The third kappa shape index (κ3) is 4.04. The summed E-state index contributed by atoms with van der Waals surface area (Å²) in [5.74, 6) is 0.747. The molecule has 3 heteroatoms. The summed E-state index contributed by atoms with van der Waals surface area (Å²) in [5.41, 5.74) is 6.38. The number of fused-ring (bicyclic) bond motifs is 11.